The summed E-state index contributed by atoms with van der Waals surface area (Å²) in [5, 5.41) is 7.86. The van der Waals surface area contributed by atoms with E-state index in [1.807, 2.05) is 64.2 Å². The Morgan fingerprint density at radius 1 is 0.915 bits per heavy atom. The number of rotatable bonds is 14. The molecule has 0 radical (unpaired) electrons. The molecule has 1 unspecified atom stereocenters. The number of unbranched alkanes of at least 4 members (excludes halogenated alkanes) is 4. The molecule has 5 amide bonds. The number of carbonyl (C=O) groups is 5. The third-order valence-electron chi connectivity index (χ3n) is 11.0. The number of hydrogen-bond donors (Lipinski definition) is 2. The van der Waals surface area contributed by atoms with Crippen LogP contribution in [0.1, 0.15) is 91.0 Å². The second-order valence-electron chi connectivity index (χ2n) is 15.0. The van der Waals surface area contributed by atoms with E-state index in [0.717, 1.165) is 67.2 Å². The van der Waals surface area contributed by atoms with Crippen molar-refractivity contribution in [3.05, 3.63) is 90.0 Å². The second kappa shape index (κ2) is 17.4. The summed E-state index contributed by atoms with van der Waals surface area (Å²) in [6, 6.07) is 18.3. The van der Waals surface area contributed by atoms with Crippen molar-refractivity contribution in [3.8, 4) is 22.8 Å². The molecule has 2 aromatic heterocycles. The van der Waals surface area contributed by atoms with Crippen LogP contribution in [0.2, 0.25) is 0 Å². The van der Waals surface area contributed by atoms with E-state index in [2.05, 4.69) is 15.3 Å². The van der Waals surface area contributed by atoms with Crippen LogP contribution in [0, 0.1) is 5.82 Å². The fourth-order valence-electron chi connectivity index (χ4n) is 8.03. The van der Waals surface area contributed by atoms with E-state index < -0.39 is 35.5 Å². The molecule has 59 heavy (non-hydrogen) atoms. The number of piperidine rings is 2. The Labute approximate surface area is 343 Å². The molecule has 2 atom stereocenters. The first-order chi connectivity index (χ1) is 28.7. The summed E-state index contributed by atoms with van der Waals surface area (Å²) in [6.45, 7) is 1.20. The fraction of sp³-hybridized carbons (Fsp3) is 0.349. The number of amides is 5. The number of hydrogen-bond acceptors (Lipinski definition) is 11. The molecule has 3 aromatic carbocycles. The summed E-state index contributed by atoms with van der Waals surface area (Å²) in [5.74, 6) is -0.709. The first-order valence-corrected chi connectivity index (χ1v) is 20.9. The Kier molecular flexibility index (Phi) is 11.7. The summed E-state index contributed by atoms with van der Waals surface area (Å²) >= 11 is 1.30. The molecule has 14 nitrogen and oxygen atoms in total. The van der Waals surface area contributed by atoms with Crippen LogP contribution in [0.4, 0.5) is 10.2 Å². The van der Waals surface area contributed by atoms with Gasteiger partial charge in [-0.05, 0) is 86.4 Å². The zero-order valence-corrected chi connectivity index (χ0v) is 33.1. The number of fused-ring (bicyclic) bond motifs is 2. The van der Waals surface area contributed by atoms with Crippen molar-refractivity contribution >= 4 is 58.1 Å². The Morgan fingerprint density at radius 3 is 2.47 bits per heavy atom. The molecule has 2 saturated heterocycles. The van der Waals surface area contributed by atoms with Gasteiger partial charge in [0, 0.05) is 36.4 Å². The van der Waals surface area contributed by atoms with Crippen molar-refractivity contribution in [1.29, 1.82) is 0 Å². The number of likely N-dealkylation sites (tertiary alicyclic amines) is 1. The van der Waals surface area contributed by atoms with Crippen molar-refractivity contribution in [3.63, 3.8) is 0 Å². The van der Waals surface area contributed by atoms with Crippen LogP contribution in [0.15, 0.2) is 78.0 Å². The third kappa shape index (κ3) is 8.40. The van der Waals surface area contributed by atoms with Gasteiger partial charge in [0.1, 0.15) is 41.2 Å². The normalized spacial score (nSPS) is 18.1. The number of nitrogen functional groups attached to an aromatic ring is 1. The number of carbonyl (C=O) groups excluding carboxylic acids is 5. The standard InChI is InChI=1S/C43H43FN8O6S/c44-27-22-31-36(43(57)51(42(31)56)32-18-19-34(53)48-41(32)55)33(23-27)59-21-8-3-1-2-7-13-35(54)50-20-9-10-28(24-50)52-40-37(39(45)46-25-47-40)38(49-52)26-14-16-30(17-15-26)58-29-11-5-4-6-12-29/h4-6,11-12,14-17,22-23,25,28,32H,1-3,7-10,13,18-21,24H2,(H2,45,46,47)(H,48,53,55)/t28-,32?/m1/s1. The van der Waals surface area contributed by atoms with Crippen LogP contribution >= 0.6 is 11.8 Å². The summed E-state index contributed by atoms with van der Waals surface area (Å²) in [6.07, 6.45) is 7.78. The van der Waals surface area contributed by atoms with E-state index in [1.165, 1.54) is 24.2 Å². The molecule has 8 rings (SSSR count). The minimum atomic E-state index is -1.11. The molecule has 2 fully saturated rings. The molecule has 0 bridgehead atoms. The predicted molar refractivity (Wildman–Crippen MR) is 218 cm³/mol. The van der Waals surface area contributed by atoms with Crippen molar-refractivity contribution in [2.24, 2.45) is 0 Å². The number of para-hydroxylation sites is 1. The van der Waals surface area contributed by atoms with Gasteiger partial charge in [-0.2, -0.15) is 5.10 Å². The van der Waals surface area contributed by atoms with Gasteiger partial charge in [0.2, 0.25) is 17.7 Å². The van der Waals surface area contributed by atoms with Gasteiger partial charge in [0.05, 0.1) is 22.6 Å². The maximum Gasteiger partial charge on any atom is 0.263 e. The summed E-state index contributed by atoms with van der Waals surface area (Å²) < 4.78 is 22.5. The molecular formula is C43H43FN8O6S. The molecule has 0 spiro atoms. The zero-order chi connectivity index (χ0) is 41.0. The highest BCUT2D eigenvalue weighted by atomic mass is 32.2. The van der Waals surface area contributed by atoms with Crippen molar-refractivity contribution < 1.29 is 33.1 Å². The SMILES string of the molecule is Nc1ncnc2c1c(-c1ccc(Oc3ccccc3)cc1)nn2[C@@H]1CCCN(C(=O)CCCCCCCSc2cc(F)cc3c2C(=O)N(C2CCC(=O)NC2=O)C3=O)C1. The largest absolute Gasteiger partial charge is 0.457 e. The van der Waals surface area contributed by atoms with Crippen LogP contribution in [-0.4, -0.2) is 84.0 Å². The molecular weight excluding hydrogens is 776 g/mol. The molecule has 0 aliphatic carbocycles. The zero-order valence-electron chi connectivity index (χ0n) is 32.3. The Morgan fingerprint density at radius 2 is 1.68 bits per heavy atom. The quantitative estimate of drug-likeness (QED) is 0.0691. The maximum absolute atomic E-state index is 14.6. The molecule has 5 aromatic rings. The van der Waals surface area contributed by atoms with Crippen molar-refractivity contribution in [2.75, 3.05) is 24.6 Å². The van der Waals surface area contributed by atoms with Crippen LogP contribution in [0.3, 0.4) is 0 Å². The smallest absolute Gasteiger partial charge is 0.263 e. The second-order valence-corrected chi connectivity index (χ2v) is 16.1. The highest BCUT2D eigenvalue weighted by Gasteiger charge is 2.46. The Bertz CT molecular complexity index is 2430. The van der Waals surface area contributed by atoms with Gasteiger partial charge in [-0.25, -0.2) is 19.0 Å². The molecule has 0 saturated carbocycles. The van der Waals surface area contributed by atoms with Crippen LogP contribution in [0.25, 0.3) is 22.3 Å². The minimum absolute atomic E-state index is 0.00769. The number of benzene rings is 3. The van der Waals surface area contributed by atoms with E-state index in [-0.39, 0.29) is 35.9 Å². The molecule has 3 aliphatic rings. The minimum Gasteiger partial charge on any atom is -0.457 e. The Hall–Kier alpha value is -6.16. The lowest BCUT2D eigenvalue weighted by atomic mass is 10.0. The van der Waals surface area contributed by atoms with E-state index in [4.69, 9.17) is 15.6 Å². The van der Waals surface area contributed by atoms with Gasteiger partial charge in [-0.1, -0.05) is 37.5 Å². The molecule has 3 aliphatic heterocycles. The van der Waals surface area contributed by atoms with E-state index in [9.17, 15) is 28.4 Å². The number of nitrogens with zero attached hydrogens (tertiary/aromatic N) is 6. The van der Waals surface area contributed by atoms with E-state index in [1.54, 1.807) is 0 Å². The highest BCUT2D eigenvalue weighted by Crippen LogP contribution is 2.37. The lowest BCUT2D eigenvalue weighted by Crippen LogP contribution is -2.54. The summed E-state index contributed by atoms with van der Waals surface area (Å²) in [5.41, 5.74) is 8.58. The molecule has 16 heteroatoms. The number of ether oxygens (including phenoxy) is 1. The fourth-order valence-corrected chi connectivity index (χ4v) is 9.13. The van der Waals surface area contributed by atoms with Crippen LogP contribution in [0.5, 0.6) is 11.5 Å². The average Bonchev–Trinajstić information content (AvgIpc) is 3.75. The highest BCUT2D eigenvalue weighted by molar-refractivity contribution is 7.99. The topological polar surface area (TPSA) is 183 Å². The molecule has 5 heterocycles. The molecule has 304 valence electrons. The van der Waals surface area contributed by atoms with Gasteiger partial charge in [-0.15, -0.1) is 11.8 Å². The number of thioether (sulfide) groups is 1. The molecule has 3 N–H and O–H groups in total. The van der Waals surface area contributed by atoms with Gasteiger partial charge >= 0.3 is 0 Å². The van der Waals surface area contributed by atoms with Crippen molar-refractivity contribution in [2.45, 2.75) is 81.2 Å². The number of nitrogens with one attached hydrogen (secondary N) is 1. The predicted octanol–water partition coefficient (Wildman–Crippen LogP) is 6.70. The number of imide groups is 2. The first-order valence-electron chi connectivity index (χ1n) is 19.9. The number of nitrogens with two attached hydrogens (primary N) is 1. The van der Waals surface area contributed by atoms with Crippen molar-refractivity contribution in [1.82, 2.24) is 34.9 Å². The first kappa shape index (κ1) is 39.7. The van der Waals surface area contributed by atoms with Crippen LogP contribution in [-0.2, 0) is 14.4 Å². The number of halogens is 1. The van der Waals surface area contributed by atoms with Gasteiger partial charge < -0.3 is 15.4 Å². The number of anilines is 1. The van der Waals surface area contributed by atoms with Gasteiger partial charge in [-0.3, -0.25) is 34.2 Å². The summed E-state index contributed by atoms with van der Waals surface area (Å²) in [7, 11) is 0. The van der Waals surface area contributed by atoms with E-state index >= 15 is 0 Å². The van der Waals surface area contributed by atoms with Gasteiger partial charge in [0.25, 0.3) is 11.8 Å². The van der Waals surface area contributed by atoms with E-state index in [0.29, 0.717) is 58.5 Å². The monoisotopic (exact) mass is 818 g/mol. The van der Waals surface area contributed by atoms with Gasteiger partial charge in [0.15, 0.2) is 5.65 Å². The maximum atomic E-state index is 14.6. The number of aromatic nitrogens is 4. The third-order valence-corrected chi connectivity index (χ3v) is 12.1. The van der Waals surface area contributed by atoms with Crippen LogP contribution < -0.4 is 15.8 Å². The summed E-state index contributed by atoms with van der Waals surface area (Å²) in [4.78, 5) is 75.9. The lowest BCUT2D eigenvalue weighted by molar-refractivity contribution is -0.136. The average molecular weight is 819 g/mol. The Balaban J connectivity index is 0.813. The lowest BCUT2D eigenvalue weighted by Gasteiger charge is -2.33.